The minimum Gasteiger partial charge on any atom is -0.494 e. The summed E-state index contributed by atoms with van der Waals surface area (Å²) in [6, 6.07) is 19.8. The first-order valence-electron chi connectivity index (χ1n) is 12.0. The van der Waals surface area contributed by atoms with Gasteiger partial charge in [-0.05, 0) is 55.5 Å². The molecule has 5 rings (SSSR count). The van der Waals surface area contributed by atoms with E-state index in [1.165, 1.54) is 0 Å². The van der Waals surface area contributed by atoms with Gasteiger partial charge in [0.1, 0.15) is 5.75 Å². The zero-order valence-electron chi connectivity index (χ0n) is 20.2. The number of nitrogens with one attached hydrogen (secondary N) is 2. The van der Waals surface area contributed by atoms with Gasteiger partial charge in [-0.3, -0.25) is 30.2 Å². The first-order chi connectivity index (χ1) is 18.0. The largest absolute Gasteiger partial charge is 0.494 e. The van der Waals surface area contributed by atoms with E-state index in [0.29, 0.717) is 40.2 Å². The van der Waals surface area contributed by atoms with Crippen molar-refractivity contribution in [1.29, 1.82) is 0 Å². The van der Waals surface area contributed by atoms with Crippen LogP contribution in [-0.4, -0.2) is 40.8 Å². The minimum atomic E-state index is -0.598. The Labute approximate surface area is 213 Å². The van der Waals surface area contributed by atoms with E-state index >= 15 is 0 Å². The van der Waals surface area contributed by atoms with E-state index in [1.54, 1.807) is 59.8 Å². The third-order valence-electron chi connectivity index (χ3n) is 6.17. The lowest BCUT2D eigenvalue weighted by Gasteiger charge is -2.17. The topological polar surface area (TPSA) is 114 Å². The van der Waals surface area contributed by atoms with Crippen molar-refractivity contribution in [3.63, 3.8) is 0 Å². The van der Waals surface area contributed by atoms with Crippen LogP contribution in [0, 0.1) is 5.92 Å². The number of nitrogens with zero attached hydrogens (tertiary/aromatic N) is 3. The van der Waals surface area contributed by atoms with Crippen molar-refractivity contribution in [2.24, 2.45) is 5.92 Å². The Morgan fingerprint density at radius 1 is 1.05 bits per heavy atom. The zero-order valence-corrected chi connectivity index (χ0v) is 20.2. The number of benzene rings is 2. The number of hydrazine groups is 1. The van der Waals surface area contributed by atoms with Crippen LogP contribution in [0.15, 0.2) is 79.1 Å². The number of para-hydroxylation sites is 1. The lowest BCUT2D eigenvalue weighted by molar-refractivity contribution is -0.126. The number of rotatable bonds is 6. The summed E-state index contributed by atoms with van der Waals surface area (Å²) in [6.07, 6.45) is 3.39. The van der Waals surface area contributed by atoms with Crippen molar-refractivity contribution in [2.45, 2.75) is 13.3 Å². The third-order valence-corrected chi connectivity index (χ3v) is 6.17. The molecule has 1 fully saturated rings. The molecule has 37 heavy (non-hydrogen) atoms. The van der Waals surface area contributed by atoms with Gasteiger partial charge in [0.2, 0.25) is 11.8 Å². The molecular weight excluding hydrogens is 470 g/mol. The molecule has 0 aliphatic carbocycles. The summed E-state index contributed by atoms with van der Waals surface area (Å²) < 4.78 is 5.44. The van der Waals surface area contributed by atoms with E-state index < -0.39 is 17.7 Å². The maximum absolute atomic E-state index is 13.1. The Morgan fingerprint density at radius 3 is 2.62 bits per heavy atom. The monoisotopic (exact) mass is 495 g/mol. The number of anilines is 1. The summed E-state index contributed by atoms with van der Waals surface area (Å²) in [5, 5.41) is 0.652. The summed E-state index contributed by atoms with van der Waals surface area (Å²) in [5.74, 6) is -0.952. The molecule has 0 radical (unpaired) electrons. The van der Waals surface area contributed by atoms with E-state index in [4.69, 9.17) is 4.74 Å². The number of aromatic nitrogens is 2. The van der Waals surface area contributed by atoms with Crippen molar-refractivity contribution in [3.8, 4) is 17.0 Å². The molecule has 1 aliphatic heterocycles. The van der Waals surface area contributed by atoms with Crippen LogP contribution in [0.5, 0.6) is 5.75 Å². The predicted molar refractivity (Wildman–Crippen MR) is 139 cm³/mol. The van der Waals surface area contributed by atoms with Crippen LogP contribution < -0.4 is 20.5 Å². The first-order valence-corrected chi connectivity index (χ1v) is 12.0. The number of ether oxygens (including phenoxy) is 1. The molecule has 0 unspecified atom stereocenters. The normalized spacial score (nSPS) is 15.0. The van der Waals surface area contributed by atoms with Crippen molar-refractivity contribution < 1.29 is 19.1 Å². The Hall–Kier alpha value is -4.79. The fourth-order valence-electron chi connectivity index (χ4n) is 4.33. The smallest absolute Gasteiger partial charge is 0.270 e. The van der Waals surface area contributed by atoms with Crippen LogP contribution in [-0.2, 0) is 9.59 Å². The van der Waals surface area contributed by atoms with E-state index in [2.05, 4.69) is 20.8 Å². The second-order valence-corrected chi connectivity index (χ2v) is 8.59. The summed E-state index contributed by atoms with van der Waals surface area (Å²) in [4.78, 5) is 48.9. The van der Waals surface area contributed by atoms with E-state index in [9.17, 15) is 14.4 Å². The second kappa shape index (κ2) is 10.4. The van der Waals surface area contributed by atoms with Crippen LogP contribution in [0.25, 0.3) is 22.2 Å². The molecule has 2 N–H and O–H groups in total. The third kappa shape index (κ3) is 5.11. The molecule has 9 nitrogen and oxygen atoms in total. The summed E-state index contributed by atoms with van der Waals surface area (Å²) in [5.41, 5.74) is 8.07. The van der Waals surface area contributed by atoms with Gasteiger partial charge in [-0.15, -0.1) is 0 Å². The van der Waals surface area contributed by atoms with Crippen molar-refractivity contribution >= 4 is 34.3 Å². The number of carbonyl (C=O) groups excluding carboxylic acids is 3. The summed E-state index contributed by atoms with van der Waals surface area (Å²) >= 11 is 0. The fourth-order valence-corrected chi connectivity index (χ4v) is 4.33. The van der Waals surface area contributed by atoms with Gasteiger partial charge in [-0.1, -0.05) is 18.2 Å². The van der Waals surface area contributed by atoms with Gasteiger partial charge < -0.3 is 9.64 Å². The Balaban J connectivity index is 1.28. The number of amides is 3. The molecule has 0 spiro atoms. The van der Waals surface area contributed by atoms with Crippen molar-refractivity contribution in [3.05, 3.63) is 84.7 Å². The first kappa shape index (κ1) is 23.9. The number of carbonyl (C=O) groups is 3. The molecule has 2 aromatic carbocycles. The second-order valence-electron chi connectivity index (χ2n) is 8.59. The molecule has 1 atom stereocenters. The van der Waals surface area contributed by atoms with Crippen LogP contribution in [0.3, 0.4) is 0 Å². The lowest BCUT2D eigenvalue weighted by Crippen LogP contribution is -2.45. The molecule has 1 saturated heterocycles. The molecule has 9 heteroatoms. The number of hydrogen-bond acceptors (Lipinski definition) is 6. The van der Waals surface area contributed by atoms with E-state index in [-0.39, 0.29) is 18.9 Å². The van der Waals surface area contributed by atoms with Gasteiger partial charge in [0.05, 0.1) is 29.3 Å². The Kier molecular flexibility index (Phi) is 6.76. The van der Waals surface area contributed by atoms with Crippen molar-refractivity contribution in [2.75, 3.05) is 18.1 Å². The highest BCUT2D eigenvalue weighted by Crippen LogP contribution is 2.27. The molecule has 0 bridgehead atoms. The van der Waals surface area contributed by atoms with Crippen LogP contribution >= 0.6 is 0 Å². The van der Waals surface area contributed by atoms with Crippen LogP contribution in [0.2, 0.25) is 0 Å². The highest BCUT2D eigenvalue weighted by atomic mass is 16.5. The number of pyridine rings is 2. The van der Waals surface area contributed by atoms with Crippen molar-refractivity contribution in [1.82, 2.24) is 20.8 Å². The molecule has 4 aromatic rings. The van der Waals surface area contributed by atoms with Crippen LogP contribution in [0.1, 0.15) is 23.7 Å². The molecule has 2 aromatic heterocycles. The molecule has 1 aliphatic rings. The fraction of sp³-hybridized carbons (Fsp3) is 0.179. The summed E-state index contributed by atoms with van der Waals surface area (Å²) in [6.45, 7) is 2.67. The lowest BCUT2D eigenvalue weighted by atomic mass is 10.0. The SMILES string of the molecule is CCOc1ccc(N2C[C@@H](C(=O)NNC(=O)c3cc(-c4cccnc4)nc4ccccc34)CC2=O)cc1. The highest BCUT2D eigenvalue weighted by Gasteiger charge is 2.35. The molecule has 3 amide bonds. The quantitative estimate of drug-likeness (QED) is 0.396. The van der Waals surface area contributed by atoms with Gasteiger partial charge >= 0.3 is 0 Å². The number of fused-ring (bicyclic) bond motifs is 1. The zero-order chi connectivity index (χ0) is 25.8. The molecule has 0 saturated carbocycles. The van der Waals surface area contributed by atoms with Gasteiger partial charge in [-0.2, -0.15) is 0 Å². The van der Waals surface area contributed by atoms with E-state index in [1.807, 2.05) is 31.2 Å². The molecule has 186 valence electrons. The average molecular weight is 496 g/mol. The average Bonchev–Trinajstić information content (AvgIpc) is 3.33. The van der Waals surface area contributed by atoms with Gasteiger partial charge in [0, 0.05) is 42.0 Å². The maximum atomic E-state index is 13.1. The number of hydrogen-bond donors (Lipinski definition) is 2. The Bertz CT molecular complexity index is 1460. The van der Waals surface area contributed by atoms with Gasteiger partial charge in [0.25, 0.3) is 5.91 Å². The molecular formula is C28H25N5O4. The van der Waals surface area contributed by atoms with Gasteiger partial charge in [0.15, 0.2) is 0 Å². The maximum Gasteiger partial charge on any atom is 0.270 e. The highest BCUT2D eigenvalue weighted by molar-refractivity contribution is 6.08. The van der Waals surface area contributed by atoms with Crippen LogP contribution in [0.4, 0.5) is 5.69 Å². The standard InChI is InChI=1S/C28H25N5O4/c1-2-37-21-11-9-20(10-12-21)33-17-19(14-26(33)34)27(35)31-32-28(36)23-15-25(18-6-5-13-29-16-18)30-24-8-4-3-7-22(23)24/h3-13,15-16,19H,2,14,17H2,1H3,(H,31,35)(H,32,36)/t19-/m0/s1. The van der Waals surface area contributed by atoms with Gasteiger partial charge in [-0.25, -0.2) is 4.98 Å². The minimum absolute atomic E-state index is 0.0538. The summed E-state index contributed by atoms with van der Waals surface area (Å²) in [7, 11) is 0. The predicted octanol–water partition coefficient (Wildman–Crippen LogP) is 3.51. The van der Waals surface area contributed by atoms with E-state index in [0.717, 1.165) is 5.56 Å². The molecule has 3 heterocycles. The Morgan fingerprint density at radius 2 is 1.86 bits per heavy atom.